The normalized spacial score (nSPS) is 11.6. The van der Waals surface area contributed by atoms with Gasteiger partial charge in [0, 0.05) is 19.2 Å². The van der Waals surface area contributed by atoms with Crippen LogP contribution in [0.25, 0.3) is 5.69 Å². The second-order valence-electron chi connectivity index (χ2n) is 5.29. The molecular weight excluding hydrogens is 381 g/mol. The lowest BCUT2D eigenvalue weighted by molar-refractivity contribution is 0.581. The van der Waals surface area contributed by atoms with Crippen molar-refractivity contribution in [3.63, 3.8) is 0 Å². The van der Waals surface area contributed by atoms with Crippen molar-refractivity contribution in [2.75, 3.05) is 6.54 Å². The third-order valence-corrected chi connectivity index (χ3v) is 5.94. The van der Waals surface area contributed by atoms with Gasteiger partial charge in [0.25, 0.3) is 0 Å². The summed E-state index contributed by atoms with van der Waals surface area (Å²) >= 11 is 11.9. The lowest BCUT2D eigenvalue weighted by atomic mass is 10.3. The number of sulfonamides is 1. The Hall–Kier alpha value is -1.86. The molecule has 25 heavy (non-hydrogen) atoms. The van der Waals surface area contributed by atoms with Crippen molar-refractivity contribution in [3.8, 4) is 5.69 Å². The minimum atomic E-state index is -3.79. The van der Waals surface area contributed by atoms with Crippen LogP contribution in [0.2, 0.25) is 10.0 Å². The molecule has 0 atom stereocenters. The van der Waals surface area contributed by atoms with Crippen molar-refractivity contribution in [1.29, 1.82) is 0 Å². The molecule has 0 saturated carbocycles. The van der Waals surface area contributed by atoms with Crippen molar-refractivity contribution < 1.29 is 8.42 Å². The first-order valence-electron chi connectivity index (χ1n) is 7.51. The van der Waals surface area contributed by atoms with Gasteiger partial charge in [0.15, 0.2) is 0 Å². The number of hydrogen-bond donors (Lipinski definition) is 1. The van der Waals surface area contributed by atoms with Crippen LogP contribution >= 0.6 is 23.2 Å². The molecule has 0 fully saturated rings. The number of aromatic nitrogens is 2. The minimum Gasteiger partial charge on any atom is -0.241 e. The number of nitrogens with zero attached hydrogens (tertiary/aromatic N) is 2. The molecule has 1 N–H and O–H groups in total. The van der Waals surface area contributed by atoms with E-state index < -0.39 is 10.0 Å². The molecule has 0 bridgehead atoms. The first-order chi connectivity index (χ1) is 12.0. The molecule has 0 aliphatic rings. The molecule has 3 aromatic rings. The molecule has 130 valence electrons. The molecule has 5 nitrogen and oxygen atoms in total. The van der Waals surface area contributed by atoms with Crippen LogP contribution in [0.4, 0.5) is 0 Å². The second-order valence-corrected chi connectivity index (χ2v) is 7.80. The number of rotatable bonds is 6. The standard InChI is InChI=1S/C17H15Cl2N3O2S/c18-15-7-4-8-16(19)17(15)25(23,24)20-11-9-13-10-12-22(21-13)14-5-2-1-3-6-14/h1-8,10,12,20H,9,11H2. The van der Waals surface area contributed by atoms with Gasteiger partial charge >= 0.3 is 0 Å². The Kier molecular flexibility index (Phi) is 5.44. The highest BCUT2D eigenvalue weighted by Gasteiger charge is 2.21. The second kappa shape index (κ2) is 7.58. The molecule has 1 aromatic heterocycles. The summed E-state index contributed by atoms with van der Waals surface area (Å²) < 4.78 is 29.0. The van der Waals surface area contributed by atoms with E-state index in [1.807, 2.05) is 42.6 Å². The number of nitrogens with one attached hydrogen (secondary N) is 1. The Labute approximate surface area is 156 Å². The number of para-hydroxylation sites is 1. The smallest absolute Gasteiger partial charge is 0.241 e. The average Bonchev–Trinajstić information content (AvgIpc) is 3.04. The number of hydrogen-bond acceptors (Lipinski definition) is 3. The zero-order chi connectivity index (χ0) is 17.9. The monoisotopic (exact) mass is 395 g/mol. The molecule has 2 aromatic carbocycles. The largest absolute Gasteiger partial charge is 0.243 e. The van der Waals surface area contributed by atoms with Crippen LogP contribution < -0.4 is 4.72 Å². The van der Waals surface area contributed by atoms with Crippen LogP contribution in [0.1, 0.15) is 5.69 Å². The van der Waals surface area contributed by atoms with E-state index in [2.05, 4.69) is 9.82 Å². The Morgan fingerprint density at radius 3 is 2.32 bits per heavy atom. The fourth-order valence-electron chi connectivity index (χ4n) is 2.34. The quantitative estimate of drug-likeness (QED) is 0.691. The molecule has 0 spiro atoms. The molecule has 0 unspecified atom stereocenters. The molecule has 8 heteroatoms. The van der Waals surface area contributed by atoms with Crippen molar-refractivity contribution >= 4 is 33.2 Å². The summed E-state index contributed by atoms with van der Waals surface area (Å²) in [7, 11) is -3.79. The van der Waals surface area contributed by atoms with Gasteiger partial charge in [-0.25, -0.2) is 17.8 Å². The van der Waals surface area contributed by atoms with E-state index in [-0.39, 0.29) is 21.5 Å². The van der Waals surface area contributed by atoms with Crippen molar-refractivity contribution in [2.24, 2.45) is 0 Å². The van der Waals surface area contributed by atoms with Crippen LogP contribution in [0.5, 0.6) is 0 Å². The Morgan fingerprint density at radius 2 is 1.64 bits per heavy atom. The van der Waals surface area contributed by atoms with Crippen molar-refractivity contribution in [2.45, 2.75) is 11.3 Å². The predicted octanol–water partition coefficient (Wildman–Crippen LogP) is 3.70. The zero-order valence-corrected chi connectivity index (χ0v) is 15.4. The van der Waals surface area contributed by atoms with Gasteiger partial charge in [-0.2, -0.15) is 5.10 Å². The maximum absolute atomic E-state index is 12.4. The minimum absolute atomic E-state index is 0.0911. The van der Waals surface area contributed by atoms with E-state index in [1.54, 1.807) is 10.7 Å². The molecule has 0 aliphatic heterocycles. The van der Waals surface area contributed by atoms with Crippen molar-refractivity contribution in [3.05, 3.63) is 76.5 Å². The SMILES string of the molecule is O=S(=O)(NCCc1ccn(-c2ccccc2)n1)c1c(Cl)cccc1Cl. The highest BCUT2D eigenvalue weighted by molar-refractivity contribution is 7.89. The summed E-state index contributed by atoms with van der Waals surface area (Å²) in [5, 5.41) is 4.62. The molecule has 0 aliphatic carbocycles. The van der Waals surface area contributed by atoms with Crippen LogP contribution in [0.15, 0.2) is 65.7 Å². The molecule has 3 rings (SSSR count). The van der Waals surface area contributed by atoms with Gasteiger partial charge in [0.05, 0.1) is 21.4 Å². The molecule has 0 amide bonds. The fraction of sp³-hybridized carbons (Fsp3) is 0.118. The average molecular weight is 396 g/mol. The molecule has 1 heterocycles. The van der Waals surface area contributed by atoms with Gasteiger partial charge in [-0.3, -0.25) is 0 Å². The van der Waals surface area contributed by atoms with E-state index >= 15 is 0 Å². The summed E-state index contributed by atoms with van der Waals surface area (Å²) in [4.78, 5) is -0.104. The Bertz CT molecular complexity index is 952. The number of halogens is 2. The third kappa shape index (κ3) is 4.22. The van der Waals surface area contributed by atoms with Crippen LogP contribution in [0.3, 0.4) is 0 Å². The first kappa shape index (κ1) is 17.9. The van der Waals surface area contributed by atoms with Gasteiger partial charge in [0.2, 0.25) is 10.0 Å². The lowest BCUT2D eigenvalue weighted by Gasteiger charge is -2.09. The topological polar surface area (TPSA) is 64.0 Å². The van der Waals surface area contributed by atoms with Crippen LogP contribution in [-0.2, 0) is 16.4 Å². The van der Waals surface area contributed by atoms with E-state index in [9.17, 15) is 8.42 Å². The summed E-state index contributed by atoms with van der Waals surface area (Å²) in [5.74, 6) is 0. The Balaban J connectivity index is 1.66. The van der Waals surface area contributed by atoms with Crippen LogP contribution in [-0.4, -0.2) is 24.7 Å². The zero-order valence-electron chi connectivity index (χ0n) is 13.1. The third-order valence-electron chi connectivity index (χ3n) is 3.53. The van der Waals surface area contributed by atoms with Gasteiger partial charge in [-0.1, -0.05) is 47.5 Å². The van der Waals surface area contributed by atoms with Gasteiger partial charge < -0.3 is 0 Å². The number of benzene rings is 2. The fourth-order valence-corrected chi connectivity index (χ4v) is 4.52. The lowest BCUT2D eigenvalue weighted by Crippen LogP contribution is -2.26. The summed E-state index contributed by atoms with van der Waals surface area (Å²) in [6.45, 7) is 0.190. The van der Waals surface area contributed by atoms with Gasteiger partial charge in [-0.15, -0.1) is 0 Å². The van der Waals surface area contributed by atoms with E-state index in [4.69, 9.17) is 23.2 Å². The van der Waals surface area contributed by atoms with Gasteiger partial charge in [-0.05, 0) is 30.3 Å². The molecule has 0 saturated heterocycles. The van der Waals surface area contributed by atoms with Crippen molar-refractivity contribution in [1.82, 2.24) is 14.5 Å². The van der Waals surface area contributed by atoms with Gasteiger partial charge in [0.1, 0.15) is 4.90 Å². The maximum Gasteiger partial charge on any atom is 0.243 e. The first-order valence-corrected chi connectivity index (χ1v) is 9.75. The highest BCUT2D eigenvalue weighted by Crippen LogP contribution is 2.28. The van der Waals surface area contributed by atoms with E-state index in [1.165, 1.54) is 12.1 Å². The molecule has 0 radical (unpaired) electrons. The summed E-state index contributed by atoms with van der Waals surface area (Å²) in [6, 6.07) is 16.1. The van der Waals surface area contributed by atoms with Crippen LogP contribution in [0, 0.1) is 0 Å². The van der Waals surface area contributed by atoms with E-state index in [0.717, 1.165) is 11.4 Å². The maximum atomic E-state index is 12.4. The van der Waals surface area contributed by atoms with E-state index in [0.29, 0.717) is 6.42 Å². The summed E-state index contributed by atoms with van der Waals surface area (Å²) in [5.41, 5.74) is 1.72. The summed E-state index contributed by atoms with van der Waals surface area (Å²) in [6.07, 6.45) is 2.28. The molecular formula is C17H15Cl2N3O2S. The predicted molar refractivity (Wildman–Crippen MR) is 98.9 cm³/mol. The Morgan fingerprint density at radius 1 is 0.960 bits per heavy atom. The highest BCUT2D eigenvalue weighted by atomic mass is 35.5.